The normalized spacial score (nSPS) is 12.6. The van der Waals surface area contributed by atoms with Gasteiger partial charge in [0.1, 0.15) is 5.75 Å². The minimum absolute atomic E-state index is 0.452. The molecule has 1 atom stereocenters. The van der Waals surface area contributed by atoms with Crippen molar-refractivity contribution in [2.75, 3.05) is 14.2 Å². The van der Waals surface area contributed by atoms with E-state index in [9.17, 15) is 0 Å². The molecule has 0 aliphatic carbocycles. The summed E-state index contributed by atoms with van der Waals surface area (Å²) in [5.41, 5.74) is 3.79. The lowest BCUT2D eigenvalue weighted by Gasteiger charge is -2.19. The van der Waals surface area contributed by atoms with Crippen molar-refractivity contribution in [2.45, 2.75) is 39.7 Å². The van der Waals surface area contributed by atoms with Crippen LogP contribution in [0.3, 0.4) is 0 Å². The van der Waals surface area contributed by atoms with E-state index in [1.807, 2.05) is 7.05 Å². The van der Waals surface area contributed by atoms with Crippen LogP contribution in [0.25, 0.3) is 0 Å². The first kappa shape index (κ1) is 13.0. The summed E-state index contributed by atoms with van der Waals surface area (Å²) in [4.78, 5) is 0. The van der Waals surface area contributed by atoms with E-state index in [-0.39, 0.29) is 0 Å². The zero-order valence-electron chi connectivity index (χ0n) is 11.1. The first-order chi connectivity index (χ1) is 7.63. The van der Waals surface area contributed by atoms with Crippen LogP contribution in [0.2, 0.25) is 0 Å². The molecule has 1 aromatic carbocycles. The number of ether oxygens (including phenoxy) is 1. The third-order valence-corrected chi connectivity index (χ3v) is 3.01. The van der Waals surface area contributed by atoms with Gasteiger partial charge < -0.3 is 10.1 Å². The second kappa shape index (κ2) is 5.90. The van der Waals surface area contributed by atoms with E-state index in [2.05, 4.69) is 38.2 Å². The molecule has 1 N–H and O–H groups in total. The Labute approximate surface area is 99.0 Å². The lowest BCUT2D eigenvalue weighted by Crippen LogP contribution is -2.16. The molecule has 0 fully saturated rings. The highest BCUT2D eigenvalue weighted by atomic mass is 16.5. The van der Waals surface area contributed by atoms with Gasteiger partial charge in [0.15, 0.2) is 0 Å². The molecular formula is C14H23NO. The van der Waals surface area contributed by atoms with Gasteiger partial charge in [0.05, 0.1) is 7.11 Å². The van der Waals surface area contributed by atoms with Crippen molar-refractivity contribution in [3.8, 4) is 5.75 Å². The molecule has 1 aromatic rings. The maximum atomic E-state index is 5.38. The maximum absolute atomic E-state index is 5.38. The van der Waals surface area contributed by atoms with Crippen molar-refractivity contribution in [3.05, 3.63) is 28.8 Å². The zero-order valence-corrected chi connectivity index (χ0v) is 11.1. The van der Waals surface area contributed by atoms with Crippen LogP contribution in [0.5, 0.6) is 5.75 Å². The summed E-state index contributed by atoms with van der Waals surface area (Å²) in [6.07, 6.45) is 2.36. The van der Waals surface area contributed by atoms with Crippen LogP contribution < -0.4 is 10.1 Å². The van der Waals surface area contributed by atoms with Crippen molar-refractivity contribution in [1.29, 1.82) is 0 Å². The number of hydrogen-bond acceptors (Lipinski definition) is 2. The molecular weight excluding hydrogens is 198 g/mol. The average Bonchev–Trinajstić information content (AvgIpc) is 2.25. The molecule has 0 aliphatic heterocycles. The SMILES string of the molecule is CCCC(NC)c1cc(C)c(OC)c(C)c1. The highest BCUT2D eigenvalue weighted by molar-refractivity contribution is 5.44. The predicted octanol–water partition coefficient (Wildman–Crippen LogP) is 3.37. The summed E-state index contributed by atoms with van der Waals surface area (Å²) < 4.78 is 5.38. The quantitative estimate of drug-likeness (QED) is 0.823. The summed E-state index contributed by atoms with van der Waals surface area (Å²) in [5, 5.41) is 3.37. The van der Waals surface area contributed by atoms with Gasteiger partial charge in [-0.05, 0) is 44.0 Å². The van der Waals surface area contributed by atoms with E-state index in [1.54, 1.807) is 7.11 Å². The largest absolute Gasteiger partial charge is 0.496 e. The summed E-state index contributed by atoms with van der Waals surface area (Å²) in [7, 11) is 3.76. The minimum Gasteiger partial charge on any atom is -0.496 e. The Bertz CT molecular complexity index is 324. The Morgan fingerprint density at radius 3 is 2.19 bits per heavy atom. The van der Waals surface area contributed by atoms with Gasteiger partial charge in [-0.25, -0.2) is 0 Å². The topological polar surface area (TPSA) is 21.3 Å². The molecule has 0 saturated carbocycles. The van der Waals surface area contributed by atoms with E-state index in [0.29, 0.717) is 6.04 Å². The first-order valence-electron chi connectivity index (χ1n) is 5.96. The maximum Gasteiger partial charge on any atom is 0.124 e. The van der Waals surface area contributed by atoms with Gasteiger partial charge in [0.25, 0.3) is 0 Å². The highest BCUT2D eigenvalue weighted by Gasteiger charge is 2.11. The smallest absolute Gasteiger partial charge is 0.124 e. The van der Waals surface area contributed by atoms with Crippen LogP contribution in [0.1, 0.15) is 42.5 Å². The van der Waals surface area contributed by atoms with Crippen molar-refractivity contribution in [3.63, 3.8) is 0 Å². The molecule has 0 saturated heterocycles. The Morgan fingerprint density at radius 1 is 1.25 bits per heavy atom. The summed E-state index contributed by atoms with van der Waals surface area (Å²) >= 11 is 0. The van der Waals surface area contributed by atoms with Gasteiger partial charge in [-0.3, -0.25) is 0 Å². The fraction of sp³-hybridized carbons (Fsp3) is 0.571. The van der Waals surface area contributed by atoms with Gasteiger partial charge >= 0.3 is 0 Å². The molecule has 0 bridgehead atoms. The third kappa shape index (κ3) is 2.76. The molecule has 0 radical (unpaired) electrons. The van der Waals surface area contributed by atoms with Gasteiger partial charge in [0.2, 0.25) is 0 Å². The molecule has 0 aliphatic rings. The van der Waals surface area contributed by atoms with E-state index in [1.165, 1.54) is 29.5 Å². The van der Waals surface area contributed by atoms with Crippen molar-refractivity contribution < 1.29 is 4.74 Å². The standard InChI is InChI=1S/C14H23NO/c1-6-7-13(15-4)12-8-10(2)14(16-5)11(3)9-12/h8-9,13,15H,6-7H2,1-5H3. The summed E-state index contributed by atoms with van der Waals surface area (Å²) in [6.45, 7) is 6.43. The molecule has 16 heavy (non-hydrogen) atoms. The Kier molecular flexibility index (Phi) is 4.81. The number of nitrogens with one attached hydrogen (secondary N) is 1. The molecule has 1 rings (SSSR count). The van der Waals surface area contributed by atoms with Crippen molar-refractivity contribution in [2.24, 2.45) is 0 Å². The van der Waals surface area contributed by atoms with Gasteiger partial charge in [-0.15, -0.1) is 0 Å². The average molecular weight is 221 g/mol. The number of benzene rings is 1. The minimum atomic E-state index is 0.452. The van der Waals surface area contributed by atoms with Crippen LogP contribution in [0.15, 0.2) is 12.1 Å². The number of aryl methyl sites for hydroxylation is 2. The molecule has 2 nitrogen and oxygen atoms in total. The van der Waals surface area contributed by atoms with E-state index in [4.69, 9.17) is 4.74 Å². The Hall–Kier alpha value is -1.02. The number of rotatable bonds is 5. The third-order valence-electron chi connectivity index (χ3n) is 3.01. The van der Waals surface area contributed by atoms with Crippen LogP contribution in [-0.4, -0.2) is 14.2 Å². The molecule has 0 amide bonds. The predicted molar refractivity (Wildman–Crippen MR) is 69.2 cm³/mol. The monoisotopic (exact) mass is 221 g/mol. The zero-order chi connectivity index (χ0) is 12.1. The molecule has 90 valence electrons. The van der Waals surface area contributed by atoms with Crippen LogP contribution in [0.4, 0.5) is 0 Å². The first-order valence-corrected chi connectivity index (χ1v) is 5.96. The summed E-state index contributed by atoms with van der Waals surface area (Å²) in [5.74, 6) is 1.01. The molecule has 0 heterocycles. The van der Waals surface area contributed by atoms with Crippen LogP contribution >= 0.6 is 0 Å². The van der Waals surface area contributed by atoms with Crippen molar-refractivity contribution >= 4 is 0 Å². The fourth-order valence-electron chi connectivity index (χ4n) is 2.27. The Balaban J connectivity index is 3.06. The molecule has 1 unspecified atom stereocenters. The summed E-state index contributed by atoms with van der Waals surface area (Å²) in [6, 6.07) is 4.90. The van der Waals surface area contributed by atoms with E-state index >= 15 is 0 Å². The van der Waals surface area contributed by atoms with Gasteiger partial charge in [-0.1, -0.05) is 25.5 Å². The number of methoxy groups -OCH3 is 1. The van der Waals surface area contributed by atoms with Crippen LogP contribution in [0, 0.1) is 13.8 Å². The Morgan fingerprint density at radius 2 is 1.81 bits per heavy atom. The van der Waals surface area contributed by atoms with E-state index in [0.717, 1.165) is 5.75 Å². The fourth-order valence-corrected chi connectivity index (χ4v) is 2.27. The molecule has 0 aromatic heterocycles. The van der Waals surface area contributed by atoms with Crippen molar-refractivity contribution in [1.82, 2.24) is 5.32 Å². The van der Waals surface area contributed by atoms with Gasteiger partial charge in [-0.2, -0.15) is 0 Å². The highest BCUT2D eigenvalue weighted by Crippen LogP contribution is 2.28. The number of hydrogen-bond donors (Lipinski definition) is 1. The van der Waals surface area contributed by atoms with Gasteiger partial charge in [0, 0.05) is 6.04 Å². The second-order valence-corrected chi connectivity index (χ2v) is 4.32. The second-order valence-electron chi connectivity index (χ2n) is 4.32. The molecule has 0 spiro atoms. The lowest BCUT2D eigenvalue weighted by atomic mass is 9.97. The molecule has 2 heteroatoms. The van der Waals surface area contributed by atoms with E-state index < -0.39 is 0 Å². The van der Waals surface area contributed by atoms with Crippen LogP contribution in [-0.2, 0) is 0 Å². The lowest BCUT2D eigenvalue weighted by molar-refractivity contribution is 0.408.